The summed E-state index contributed by atoms with van der Waals surface area (Å²) >= 11 is 0. The highest BCUT2D eigenvalue weighted by molar-refractivity contribution is 5.86. The van der Waals surface area contributed by atoms with Gasteiger partial charge in [-0.05, 0) is 48.8 Å². The number of hydrogen-bond acceptors (Lipinski definition) is 6. The van der Waals surface area contributed by atoms with Gasteiger partial charge in [0.15, 0.2) is 0 Å². The lowest BCUT2D eigenvalue weighted by molar-refractivity contribution is -0.158. The fraction of sp³-hybridized carbons (Fsp3) is 0.375. The lowest BCUT2D eigenvalue weighted by Gasteiger charge is -2.31. The molecule has 0 bridgehead atoms. The van der Waals surface area contributed by atoms with Gasteiger partial charge in [0.1, 0.15) is 6.10 Å². The predicted octanol–water partition coefficient (Wildman–Crippen LogP) is 6.22. The van der Waals surface area contributed by atoms with Gasteiger partial charge in [0.05, 0.1) is 31.1 Å². The third kappa shape index (κ3) is 12.6. The second-order valence-electron chi connectivity index (χ2n) is 11.9. The number of aliphatic hydroxyl groups excluding tert-OH is 1. The van der Waals surface area contributed by atoms with E-state index in [0.29, 0.717) is 24.9 Å². The van der Waals surface area contributed by atoms with E-state index >= 15 is 0 Å². The summed E-state index contributed by atoms with van der Waals surface area (Å²) in [5.41, 5.74) is 2.67. The van der Waals surface area contributed by atoms with E-state index in [9.17, 15) is 19.5 Å². The van der Waals surface area contributed by atoms with Crippen LogP contribution in [0.25, 0.3) is 0 Å². The van der Waals surface area contributed by atoms with Crippen molar-refractivity contribution < 1.29 is 29.0 Å². The van der Waals surface area contributed by atoms with E-state index < -0.39 is 24.0 Å². The number of methoxy groups -OCH3 is 1. The zero-order chi connectivity index (χ0) is 34.6. The number of carbonyl (C=O) groups excluding carboxylic acids is 3. The van der Waals surface area contributed by atoms with Gasteiger partial charge in [0, 0.05) is 26.6 Å². The van der Waals surface area contributed by atoms with E-state index in [4.69, 9.17) is 9.47 Å². The van der Waals surface area contributed by atoms with Crippen LogP contribution < -0.4 is 5.32 Å². The van der Waals surface area contributed by atoms with Crippen molar-refractivity contribution in [2.75, 3.05) is 26.9 Å². The molecule has 8 heteroatoms. The van der Waals surface area contributed by atoms with E-state index in [1.807, 2.05) is 97.1 Å². The summed E-state index contributed by atoms with van der Waals surface area (Å²) in [7, 11) is 1.53. The largest absolute Gasteiger partial charge is 0.455 e. The summed E-state index contributed by atoms with van der Waals surface area (Å²) < 4.78 is 11.8. The Kier molecular flexibility index (Phi) is 16.9. The molecule has 0 aliphatic heterocycles. The fourth-order valence-electron chi connectivity index (χ4n) is 5.68. The molecule has 0 saturated heterocycles. The molecule has 2 amide bonds. The minimum atomic E-state index is -0.843. The van der Waals surface area contributed by atoms with Crippen molar-refractivity contribution in [3.63, 3.8) is 0 Å². The van der Waals surface area contributed by atoms with Crippen LogP contribution in [0.3, 0.4) is 0 Å². The molecule has 0 radical (unpaired) electrons. The van der Waals surface area contributed by atoms with E-state index in [-0.39, 0.29) is 50.4 Å². The summed E-state index contributed by atoms with van der Waals surface area (Å²) in [6.45, 7) is 7.96. The number of allylic oxidation sites excluding steroid dienone is 2. The number of rotatable bonds is 22. The van der Waals surface area contributed by atoms with Gasteiger partial charge in [-0.1, -0.05) is 103 Å². The Morgan fingerprint density at radius 2 is 1.50 bits per heavy atom. The highest BCUT2D eigenvalue weighted by Crippen LogP contribution is 2.27. The molecule has 256 valence electrons. The Bertz CT molecular complexity index is 1400. The normalized spacial score (nSPS) is 13.4. The maximum absolute atomic E-state index is 13.9. The highest BCUT2D eigenvalue weighted by Gasteiger charge is 2.33. The van der Waals surface area contributed by atoms with Gasteiger partial charge < -0.3 is 24.8 Å². The van der Waals surface area contributed by atoms with E-state index in [1.54, 1.807) is 11.0 Å². The Labute approximate surface area is 285 Å². The minimum absolute atomic E-state index is 0.0673. The average Bonchev–Trinajstić information content (AvgIpc) is 3.10. The summed E-state index contributed by atoms with van der Waals surface area (Å²) in [5, 5.41) is 12.7. The number of hydrogen-bond donors (Lipinski definition) is 2. The third-order valence-electron chi connectivity index (χ3n) is 8.21. The Morgan fingerprint density at radius 3 is 2.08 bits per heavy atom. The molecule has 3 aromatic rings. The fourth-order valence-corrected chi connectivity index (χ4v) is 5.68. The summed E-state index contributed by atoms with van der Waals surface area (Å²) in [6.07, 6.45) is 5.52. The maximum Gasteiger partial charge on any atom is 0.309 e. The molecular formula is C40H50N2O6. The van der Waals surface area contributed by atoms with Crippen LogP contribution in [0.4, 0.5) is 0 Å². The molecule has 48 heavy (non-hydrogen) atoms. The molecule has 0 heterocycles. The second kappa shape index (κ2) is 21.4. The molecular weight excluding hydrogens is 604 g/mol. The van der Waals surface area contributed by atoms with Gasteiger partial charge in [-0.2, -0.15) is 0 Å². The molecule has 0 fully saturated rings. The van der Waals surface area contributed by atoms with Crippen molar-refractivity contribution in [3.05, 3.63) is 133 Å². The van der Waals surface area contributed by atoms with Gasteiger partial charge in [0.25, 0.3) is 0 Å². The van der Waals surface area contributed by atoms with Crippen molar-refractivity contribution in [2.24, 2.45) is 11.8 Å². The van der Waals surface area contributed by atoms with Crippen LogP contribution in [0.15, 0.2) is 116 Å². The molecule has 2 N–H and O–H groups in total. The number of esters is 1. The molecule has 0 aliphatic rings. The standard InChI is InChI=1S/C40H50N2O6/c1-4-6-10-24-35(27-31-18-11-7-12-19-31)40(46)48-38(33-22-15-9-16-23-33)36(30-47-3)41-39(45)34(17-5-2)28-37(44)42(25-26-43)29-32-20-13-8-14-21-32/h4-5,7-9,11-16,18-23,34-36,38,43H,1-2,6,10,17,24-30H2,3H3,(H,41,45)/t34-,35-,36+,38+/m1/s1. The number of nitrogens with zero attached hydrogens (tertiary/aromatic N) is 1. The lowest BCUT2D eigenvalue weighted by Crippen LogP contribution is -2.47. The summed E-state index contributed by atoms with van der Waals surface area (Å²) in [4.78, 5) is 42.8. The number of benzene rings is 3. The molecule has 8 nitrogen and oxygen atoms in total. The summed E-state index contributed by atoms with van der Waals surface area (Å²) in [6, 6.07) is 27.9. The zero-order valence-electron chi connectivity index (χ0n) is 28.0. The molecule has 3 rings (SSSR count). The molecule has 0 aromatic heterocycles. The molecule has 0 spiro atoms. The van der Waals surface area contributed by atoms with Gasteiger partial charge in [-0.15, -0.1) is 13.2 Å². The van der Waals surface area contributed by atoms with Gasteiger partial charge in [0.2, 0.25) is 11.8 Å². The highest BCUT2D eigenvalue weighted by atomic mass is 16.5. The third-order valence-corrected chi connectivity index (χ3v) is 8.21. The Balaban J connectivity index is 1.83. The van der Waals surface area contributed by atoms with Crippen LogP contribution >= 0.6 is 0 Å². The number of nitrogens with one attached hydrogen (secondary N) is 1. The van der Waals surface area contributed by atoms with Gasteiger partial charge in [-0.25, -0.2) is 0 Å². The number of carbonyl (C=O) groups is 3. The van der Waals surface area contributed by atoms with Crippen molar-refractivity contribution in [3.8, 4) is 0 Å². The zero-order valence-corrected chi connectivity index (χ0v) is 28.0. The van der Waals surface area contributed by atoms with Gasteiger partial charge >= 0.3 is 5.97 Å². The topological polar surface area (TPSA) is 105 Å². The quantitative estimate of drug-likeness (QED) is 0.0758. The van der Waals surface area contributed by atoms with E-state index in [2.05, 4.69) is 18.5 Å². The Morgan fingerprint density at radius 1 is 0.875 bits per heavy atom. The van der Waals surface area contributed by atoms with Gasteiger partial charge in [-0.3, -0.25) is 14.4 Å². The maximum atomic E-state index is 13.9. The summed E-state index contributed by atoms with van der Waals surface area (Å²) in [5.74, 6) is -2.12. The second-order valence-corrected chi connectivity index (χ2v) is 11.9. The van der Waals surface area contributed by atoms with Crippen molar-refractivity contribution in [2.45, 2.75) is 57.2 Å². The molecule has 4 atom stereocenters. The molecule has 3 aromatic carbocycles. The number of ether oxygens (including phenoxy) is 2. The molecule has 0 saturated carbocycles. The monoisotopic (exact) mass is 654 g/mol. The first-order chi connectivity index (χ1) is 23.4. The Hall–Kier alpha value is -4.53. The van der Waals surface area contributed by atoms with Crippen LogP contribution in [0.2, 0.25) is 0 Å². The smallest absolute Gasteiger partial charge is 0.309 e. The SMILES string of the molecule is C=CCCC[C@H](Cc1ccccc1)C(=O)O[C@@H](c1ccccc1)[C@H](COC)NC(=O)[C@H](CC=C)CC(=O)N(CCO)Cc1ccccc1. The minimum Gasteiger partial charge on any atom is -0.455 e. The number of unbranched alkanes of at least 4 members (excludes halogenated alkanes) is 1. The lowest BCUT2D eigenvalue weighted by atomic mass is 9.93. The van der Waals surface area contributed by atoms with Crippen LogP contribution in [-0.2, 0) is 36.8 Å². The predicted molar refractivity (Wildman–Crippen MR) is 189 cm³/mol. The van der Waals surface area contributed by atoms with E-state index in [1.165, 1.54) is 7.11 Å². The first-order valence-electron chi connectivity index (χ1n) is 16.6. The van der Waals surface area contributed by atoms with Crippen LogP contribution in [-0.4, -0.2) is 60.7 Å². The van der Waals surface area contributed by atoms with E-state index in [0.717, 1.165) is 24.0 Å². The first-order valence-corrected chi connectivity index (χ1v) is 16.6. The first kappa shape index (κ1) is 37.9. The van der Waals surface area contributed by atoms with Crippen LogP contribution in [0.5, 0.6) is 0 Å². The average molecular weight is 655 g/mol. The number of aliphatic hydroxyl groups is 1. The molecule has 0 unspecified atom stereocenters. The van der Waals surface area contributed by atoms with Crippen molar-refractivity contribution in [1.82, 2.24) is 10.2 Å². The van der Waals surface area contributed by atoms with Crippen LogP contribution in [0.1, 0.15) is 54.9 Å². The van der Waals surface area contributed by atoms with Crippen LogP contribution in [0, 0.1) is 11.8 Å². The molecule has 0 aliphatic carbocycles. The van der Waals surface area contributed by atoms with Crippen molar-refractivity contribution >= 4 is 17.8 Å². The number of amides is 2. The van der Waals surface area contributed by atoms with Crippen molar-refractivity contribution in [1.29, 1.82) is 0 Å².